The van der Waals surface area contributed by atoms with Crippen LogP contribution >= 0.6 is 0 Å². The molecular weight excluding hydrogens is 240 g/mol. The Balaban J connectivity index is 1.91. The van der Waals surface area contributed by atoms with Gasteiger partial charge in [-0.05, 0) is 36.0 Å². The van der Waals surface area contributed by atoms with Crippen LogP contribution in [0.25, 0.3) is 0 Å². The van der Waals surface area contributed by atoms with Crippen LogP contribution < -0.4 is 21.9 Å². The fourth-order valence-electron chi connectivity index (χ4n) is 2.75. The van der Waals surface area contributed by atoms with E-state index in [0.29, 0.717) is 5.69 Å². The standard InChI is InChI=1S/C15H16N2O2/c1-2-8-3-4-9-5-6-11(10(9)7-8)17-13-12(16)14(18)15(13)19/h3-4,7,11,17H,2,5-6,16H2,1H3. The number of aryl methyl sites for hydroxylation is 2. The Morgan fingerprint density at radius 2 is 2.11 bits per heavy atom. The van der Waals surface area contributed by atoms with Gasteiger partial charge in [0, 0.05) is 0 Å². The molecule has 1 aliphatic rings. The Kier molecular flexibility index (Phi) is 2.66. The summed E-state index contributed by atoms with van der Waals surface area (Å²) in [6.07, 6.45) is 2.91. The normalized spacial score (nSPS) is 17.6. The summed E-state index contributed by atoms with van der Waals surface area (Å²) in [4.78, 5) is 22.6. The quantitative estimate of drug-likeness (QED) is 0.817. The maximum Gasteiger partial charge on any atom is 0.253 e. The zero-order valence-electron chi connectivity index (χ0n) is 10.8. The van der Waals surface area contributed by atoms with Gasteiger partial charge in [0.1, 0.15) is 11.4 Å². The van der Waals surface area contributed by atoms with E-state index in [1.165, 1.54) is 16.7 Å². The highest BCUT2D eigenvalue weighted by molar-refractivity contribution is 5.72. The van der Waals surface area contributed by atoms with Crippen LogP contribution in [-0.2, 0) is 12.8 Å². The van der Waals surface area contributed by atoms with Crippen LogP contribution in [0.4, 0.5) is 11.4 Å². The average Bonchev–Trinajstić information content (AvgIpc) is 2.85. The second kappa shape index (κ2) is 4.23. The number of nitrogen functional groups attached to an aromatic ring is 1. The molecule has 98 valence electrons. The summed E-state index contributed by atoms with van der Waals surface area (Å²) in [5.41, 5.74) is 8.70. The van der Waals surface area contributed by atoms with Crippen molar-refractivity contribution in [1.29, 1.82) is 0 Å². The Hall–Kier alpha value is -2.10. The molecule has 0 bridgehead atoms. The van der Waals surface area contributed by atoms with Gasteiger partial charge in [-0.1, -0.05) is 25.1 Å². The molecule has 1 aliphatic carbocycles. The summed E-state index contributed by atoms with van der Waals surface area (Å²) < 4.78 is 0. The van der Waals surface area contributed by atoms with Crippen molar-refractivity contribution in [1.82, 2.24) is 0 Å². The lowest BCUT2D eigenvalue weighted by Gasteiger charge is -2.18. The van der Waals surface area contributed by atoms with E-state index in [-0.39, 0.29) is 11.7 Å². The topological polar surface area (TPSA) is 72.2 Å². The SMILES string of the molecule is CCc1ccc2c(c1)C(Nc1c(N)c(=O)c1=O)CC2. The zero-order valence-corrected chi connectivity index (χ0v) is 10.8. The first kappa shape index (κ1) is 12.0. The summed E-state index contributed by atoms with van der Waals surface area (Å²) in [6.45, 7) is 2.12. The molecule has 0 aromatic heterocycles. The van der Waals surface area contributed by atoms with Crippen molar-refractivity contribution >= 4 is 11.4 Å². The van der Waals surface area contributed by atoms with Crippen LogP contribution in [-0.4, -0.2) is 0 Å². The second-order valence-corrected chi connectivity index (χ2v) is 5.07. The number of hydrogen-bond acceptors (Lipinski definition) is 4. The number of nitrogens with two attached hydrogens (primary N) is 1. The number of hydrogen-bond donors (Lipinski definition) is 2. The van der Waals surface area contributed by atoms with Crippen LogP contribution in [0.5, 0.6) is 0 Å². The van der Waals surface area contributed by atoms with Gasteiger partial charge in [-0.25, -0.2) is 0 Å². The Morgan fingerprint density at radius 3 is 2.79 bits per heavy atom. The molecule has 2 aromatic carbocycles. The number of fused-ring (bicyclic) bond motifs is 1. The van der Waals surface area contributed by atoms with E-state index in [1.807, 2.05) is 0 Å². The maximum absolute atomic E-state index is 11.4. The smallest absolute Gasteiger partial charge is 0.253 e. The summed E-state index contributed by atoms with van der Waals surface area (Å²) in [5.74, 6) is 0. The molecule has 3 rings (SSSR count). The molecule has 4 heteroatoms. The highest BCUT2D eigenvalue weighted by atomic mass is 16.2. The predicted molar refractivity (Wildman–Crippen MR) is 76.3 cm³/mol. The van der Waals surface area contributed by atoms with Gasteiger partial charge >= 0.3 is 0 Å². The first-order chi connectivity index (χ1) is 9.11. The third-order valence-corrected chi connectivity index (χ3v) is 3.96. The fourth-order valence-corrected chi connectivity index (χ4v) is 2.75. The summed E-state index contributed by atoms with van der Waals surface area (Å²) in [6, 6.07) is 6.57. The van der Waals surface area contributed by atoms with Crippen molar-refractivity contribution in [2.24, 2.45) is 0 Å². The van der Waals surface area contributed by atoms with Gasteiger partial charge in [-0.3, -0.25) is 9.59 Å². The third-order valence-electron chi connectivity index (χ3n) is 3.96. The van der Waals surface area contributed by atoms with Gasteiger partial charge < -0.3 is 11.1 Å². The minimum absolute atomic E-state index is 0.0742. The average molecular weight is 256 g/mol. The number of benzene rings is 1. The summed E-state index contributed by atoms with van der Waals surface area (Å²) in [5, 5.41) is 3.14. The van der Waals surface area contributed by atoms with E-state index in [1.54, 1.807) is 0 Å². The molecule has 1 atom stereocenters. The fraction of sp³-hybridized carbons (Fsp3) is 0.333. The Labute approximate surface area is 110 Å². The van der Waals surface area contributed by atoms with Gasteiger partial charge in [0.25, 0.3) is 10.9 Å². The number of anilines is 2. The third kappa shape index (κ3) is 1.75. The molecule has 0 heterocycles. The minimum atomic E-state index is -0.567. The molecule has 0 saturated heterocycles. The Bertz CT molecular complexity index is 711. The summed E-state index contributed by atoms with van der Waals surface area (Å²) >= 11 is 0. The molecule has 0 saturated carbocycles. The van der Waals surface area contributed by atoms with E-state index in [2.05, 4.69) is 30.4 Å². The second-order valence-electron chi connectivity index (χ2n) is 5.07. The van der Waals surface area contributed by atoms with Crippen molar-refractivity contribution < 1.29 is 0 Å². The van der Waals surface area contributed by atoms with E-state index < -0.39 is 10.9 Å². The monoisotopic (exact) mass is 256 g/mol. The van der Waals surface area contributed by atoms with Crippen molar-refractivity contribution in [3.8, 4) is 0 Å². The van der Waals surface area contributed by atoms with Gasteiger partial charge in [0.15, 0.2) is 0 Å². The number of rotatable bonds is 3. The molecule has 0 amide bonds. The molecule has 0 fully saturated rings. The first-order valence-electron chi connectivity index (χ1n) is 6.58. The van der Waals surface area contributed by atoms with E-state index in [4.69, 9.17) is 5.73 Å². The van der Waals surface area contributed by atoms with E-state index in [0.717, 1.165) is 19.3 Å². The van der Waals surface area contributed by atoms with Crippen LogP contribution in [0.1, 0.15) is 36.1 Å². The largest absolute Gasteiger partial charge is 0.394 e. The lowest BCUT2D eigenvalue weighted by atomic mass is 10.0. The molecule has 3 N–H and O–H groups in total. The lowest BCUT2D eigenvalue weighted by Crippen LogP contribution is -2.37. The highest BCUT2D eigenvalue weighted by Gasteiger charge is 2.26. The molecule has 1 unspecified atom stereocenters. The minimum Gasteiger partial charge on any atom is -0.394 e. The predicted octanol–water partition coefficient (Wildman–Crippen LogP) is 1.53. The zero-order chi connectivity index (χ0) is 13.6. The van der Waals surface area contributed by atoms with Gasteiger partial charge in [-0.2, -0.15) is 0 Å². The summed E-state index contributed by atoms with van der Waals surface area (Å²) in [7, 11) is 0. The molecule has 4 nitrogen and oxygen atoms in total. The molecule has 2 aromatic rings. The van der Waals surface area contributed by atoms with Crippen molar-refractivity contribution in [3.63, 3.8) is 0 Å². The van der Waals surface area contributed by atoms with Gasteiger partial charge in [0.2, 0.25) is 0 Å². The van der Waals surface area contributed by atoms with Crippen LogP contribution in [0.2, 0.25) is 0 Å². The van der Waals surface area contributed by atoms with Crippen molar-refractivity contribution in [2.75, 3.05) is 11.1 Å². The molecular formula is C15H16N2O2. The molecule has 0 radical (unpaired) electrons. The number of nitrogens with one attached hydrogen (secondary N) is 1. The lowest BCUT2D eigenvalue weighted by molar-refractivity contribution is 0.759. The first-order valence-corrected chi connectivity index (χ1v) is 6.58. The van der Waals surface area contributed by atoms with Crippen LogP contribution in [0.3, 0.4) is 0 Å². The molecule has 0 spiro atoms. The van der Waals surface area contributed by atoms with Crippen molar-refractivity contribution in [3.05, 3.63) is 55.3 Å². The van der Waals surface area contributed by atoms with Gasteiger partial charge in [-0.15, -0.1) is 0 Å². The van der Waals surface area contributed by atoms with Gasteiger partial charge in [0.05, 0.1) is 6.04 Å². The van der Waals surface area contributed by atoms with E-state index >= 15 is 0 Å². The van der Waals surface area contributed by atoms with Crippen LogP contribution in [0, 0.1) is 0 Å². The molecule has 19 heavy (non-hydrogen) atoms. The maximum atomic E-state index is 11.4. The molecule has 0 aliphatic heterocycles. The Morgan fingerprint density at radius 1 is 1.32 bits per heavy atom. The van der Waals surface area contributed by atoms with E-state index in [9.17, 15) is 9.59 Å². The van der Waals surface area contributed by atoms with Crippen LogP contribution in [0.15, 0.2) is 27.8 Å². The van der Waals surface area contributed by atoms with Crippen molar-refractivity contribution in [2.45, 2.75) is 32.2 Å². The highest BCUT2D eigenvalue weighted by Crippen LogP contribution is 2.34.